The van der Waals surface area contributed by atoms with Crippen LogP contribution in [-0.4, -0.2) is 13.1 Å². The van der Waals surface area contributed by atoms with E-state index in [4.69, 9.17) is 10.3 Å². The Kier molecular flexibility index (Phi) is 7.27. The Bertz CT molecular complexity index is 620. The smallest absolute Gasteiger partial charge is 0.172 e. The van der Waals surface area contributed by atoms with Crippen molar-refractivity contribution in [2.75, 3.05) is 18.0 Å². The van der Waals surface area contributed by atoms with Crippen LogP contribution in [0.3, 0.4) is 0 Å². The van der Waals surface area contributed by atoms with Crippen molar-refractivity contribution >= 4 is 11.4 Å². The van der Waals surface area contributed by atoms with Gasteiger partial charge in [0, 0.05) is 24.8 Å². The van der Waals surface area contributed by atoms with Crippen LogP contribution in [0.5, 0.6) is 11.5 Å². The largest absolute Gasteiger partial charge is 0.455 e. The molecule has 0 spiro atoms. The van der Waals surface area contributed by atoms with Crippen molar-refractivity contribution in [2.24, 2.45) is 5.11 Å². The summed E-state index contributed by atoms with van der Waals surface area (Å²) in [7, 11) is 0. The van der Waals surface area contributed by atoms with E-state index in [9.17, 15) is 0 Å². The van der Waals surface area contributed by atoms with Crippen molar-refractivity contribution < 1.29 is 10.3 Å². The lowest BCUT2D eigenvalue weighted by Crippen LogP contribution is -2.25. The number of nitrogens with two attached hydrogens (primary N) is 1. The third-order valence-electron chi connectivity index (χ3n) is 3.98. The van der Waals surface area contributed by atoms with Gasteiger partial charge >= 0.3 is 0 Å². The van der Waals surface area contributed by atoms with Gasteiger partial charge in [0.05, 0.1) is 0 Å². The standard InChI is InChI=1S/C20H27N3O/c1-3-5-14-23(15-6-4-2)17-12-13-19(22-21)20(16-17)24-18-10-8-7-9-11-18/h7-13,16,21H,3-6,14-15H2,1-2H3/p+1. The number of benzene rings is 2. The summed E-state index contributed by atoms with van der Waals surface area (Å²) in [4.78, 5) is 2.42. The van der Waals surface area contributed by atoms with Crippen LogP contribution in [0.4, 0.5) is 11.4 Å². The van der Waals surface area contributed by atoms with Gasteiger partial charge < -0.3 is 9.64 Å². The van der Waals surface area contributed by atoms with E-state index >= 15 is 0 Å². The van der Waals surface area contributed by atoms with E-state index in [2.05, 4.69) is 29.9 Å². The second kappa shape index (κ2) is 9.71. The fraction of sp³-hybridized carbons (Fsp3) is 0.400. The minimum atomic E-state index is 0.661. The van der Waals surface area contributed by atoms with E-state index in [1.54, 1.807) is 0 Å². The highest BCUT2D eigenvalue weighted by molar-refractivity contribution is 5.62. The Hall–Kier alpha value is -2.36. The monoisotopic (exact) mass is 326 g/mol. The Labute approximate surface area is 145 Å². The van der Waals surface area contributed by atoms with Gasteiger partial charge in [0.1, 0.15) is 5.75 Å². The first kappa shape index (κ1) is 18.0. The maximum Gasteiger partial charge on any atom is 0.172 e. The van der Waals surface area contributed by atoms with E-state index in [-0.39, 0.29) is 0 Å². The Morgan fingerprint density at radius 3 is 2.21 bits per heavy atom. The number of hydrogen-bond donors (Lipinski definition) is 1. The van der Waals surface area contributed by atoms with E-state index in [0.29, 0.717) is 11.4 Å². The van der Waals surface area contributed by atoms with Gasteiger partial charge in [0.15, 0.2) is 11.4 Å². The second-order valence-electron chi connectivity index (χ2n) is 5.89. The molecule has 0 aliphatic rings. The van der Waals surface area contributed by atoms with Crippen molar-refractivity contribution in [3.63, 3.8) is 0 Å². The summed E-state index contributed by atoms with van der Waals surface area (Å²) < 4.78 is 6.00. The zero-order valence-corrected chi connectivity index (χ0v) is 14.7. The molecular formula is C20H28N3O+. The number of para-hydroxylation sites is 1. The molecule has 4 heteroatoms. The molecule has 24 heavy (non-hydrogen) atoms. The van der Waals surface area contributed by atoms with E-state index < -0.39 is 0 Å². The molecule has 0 aliphatic heterocycles. The number of ether oxygens (including phenoxy) is 1. The summed E-state index contributed by atoms with van der Waals surface area (Å²) in [6.45, 7) is 6.55. The number of unbranched alkanes of at least 4 members (excludes halogenated alkanes) is 2. The molecule has 0 bridgehead atoms. The van der Waals surface area contributed by atoms with Gasteiger partial charge in [-0.3, -0.25) is 0 Å². The molecule has 0 atom stereocenters. The van der Waals surface area contributed by atoms with Crippen LogP contribution in [0.1, 0.15) is 39.5 Å². The van der Waals surface area contributed by atoms with Crippen LogP contribution in [0.25, 0.3) is 0 Å². The maximum absolute atomic E-state index is 6.00. The zero-order chi connectivity index (χ0) is 17.2. The van der Waals surface area contributed by atoms with Crippen molar-refractivity contribution in [3.05, 3.63) is 48.5 Å². The predicted octanol–water partition coefficient (Wildman–Crippen LogP) is 4.73. The van der Waals surface area contributed by atoms with Gasteiger partial charge in [-0.25, -0.2) is 0 Å². The first-order valence-corrected chi connectivity index (χ1v) is 8.81. The van der Waals surface area contributed by atoms with Crippen molar-refractivity contribution in [2.45, 2.75) is 39.5 Å². The van der Waals surface area contributed by atoms with Crippen LogP contribution in [0.15, 0.2) is 53.6 Å². The molecule has 4 nitrogen and oxygen atoms in total. The van der Waals surface area contributed by atoms with Crippen molar-refractivity contribution in [1.29, 1.82) is 0 Å². The maximum atomic E-state index is 6.00. The molecule has 0 fully saturated rings. The lowest BCUT2D eigenvalue weighted by molar-refractivity contribution is -0.210. The van der Waals surface area contributed by atoms with Gasteiger partial charge in [0.2, 0.25) is 0 Å². The molecule has 0 saturated heterocycles. The van der Waals surface area contributed by atoms with Crippen LogP contribution < -0.4 is 15.2 Å². The van der Waals surface area contributed by atoms with Gasteiger partial charge in [-0.15, -0.1) is 0 Å². The Morgan fingerprint density at radius 1 is 0.958 bits per heavy atom. The third-order valence-corrected chi connectivity index (χ3v) is 3.98. The molecule has 2 N–H and O–H groups in total. The van der Waals surface area contributed by atoms with E-state index in [1.165, 1.54) is 25.7 Å². The molecule has 0 saturated carbocycles. The van der Waals surface area contributed by atoms with Crippen molar-refractivity contribution in [1.82, 2.24) is 0 Å². The average molecular weight is 326 g/mol. The summed E-state index contributed by atoms with van der Waals surface area (Å²) >= 11 is 0. The first-order chi connectivity index (χ1) is 11.8. The highest BCUT2D eigenvalue weighted by Crippen LogP contribution is 2.35. The number of hydrogen-bond acceptors (Lipinski definition) is 3. The van der Waals surface area contributed by atoms with Crippen LogP contribution in [-0.2, 0) is 0 Å². The van der Waals surface area contributed by atoms with Crippen molar-refractivity contribution in [3.8, 4) is 11.5 Å². The Morgan fingerprint density at radius 2 is 1.62 bits per heavy atom. The van der Waals surface area contributed by atoms with E-state index in [0.717, 1.165) is 24.5 Å². The molecule has 2 rings (SSSR count). The highest BCUT2D eigenvalue weighted by Gasteiger charge is 2.12. The quantitative estimate of drug-likeness (QED) is 0.642. The van der Waals surface area contributed by atoms with Gasteiger partial charge in [-0.1, -0.05) is 44.9 Å². The fourth-order valence-corrected chi connectivity index (χ4v) is 2.57. The predicted molar refractivity (Wildman–Crippen MR) is 99.0 cm³/mol. The van der Waals surface area contributed by atoms with Crippen LogP contribution in [0.2, 0.25) is 0 Å². The Balaban J connectivity index is 2.25. The molecule has 0 heterocycles. The average Bonchev–Trinajstić information content (AvgIpc) is 2.63. The lowest BCUT2D eigenvalue weighted by Gasteiger charge is -2.25. The zero-order valence-electron chi connectivity index (χ0n) is 14.7. The number of nitrogens with zero attached hydrogens (tertiary/aromatic N) is 2. The van der Waals surface area contributed by atoms with Gasteiger partial charge in [-0.2, -0.15) is 5.53 Å². The van der Waals surface area contributed by atoms with E-state index in [1.807, 2.05) is 42.5 Å². The number of anilines is 1. The van der Waals surface area contributed by atoms with Gasteiger partial charge in [0.25, 0.3) is 0 Å². The number of rotatable bonds is 10. The summed E-state index contributed by atoms with van der Waals surface area (Å²) in [6, 6.07) is 15.8. The first-order valence-electron chi connectivity index (χ1n) is 8.81. The van der Waals surface area contributed by atoms with Crippen LogP contribution in [0, 0.1) is 0 Å². The normalized spacial score (nSPS) is 10.4. The summed E-state index contributed by atoms with van der Waals surface area (Å²) in [5.74, 6) is 1.48. The molecular weight excluding hydrogens is 298 g/mol. The van der Waals surface area contributed by atoms with Gasteiger partial charge in [-0.05, 0) is 42.2 Å². The summed E-state index contributed by atoms with van der Waals surface area (Å²) in [5.41, 5.74) is 7.35. The molecule has 128 valence electrons. The molecule has 0 aliphatic carbocycles. The minimum absolute atomic E-state index is 0.661. The van der Waals surface area contributed by atoms with Crippen LogP contribution >= 0.6 is 0 Å². The minimum Gasteiger partial charge on any atom is -0.455 e. The SMILES string of the molecule is CCCCN(CCCC)c1ccc(N=[NH2+])c(Oc2ccccc2)c1. The summed E-state index contributed by atoms with van der Waals surface area (Å²) in [6.07, 6.45) is 4.74. The topological polar surface area (TPSA) is 50.4 Å². The molecule has 2 aromatic carbocycles. The lowest BCUT2D eigenvalue weighted by atomic mass is 10.2. The fourth-order valence-electron chi connectivity index (χ4n) is 2.57. The highest BCUT2D eigenvalue weighted by atomic mass is 16.5. The summed E-state index contributed by atoms with van der Waals surface area (Å²) in [5, 5.41) is 3.85. The third kappa shape index (κ3) is 5.08. The molecule has 0 radical (unpaired) electrons. The molecule has 0 aromatic heterocycles. The molecule has 0 unspecified atom stereocenters. The molecule has 0 amide bonds. The second-order valence-corrected chi connectivity index (χ2v) is 5.89. The molecule has 2 aromatic rings.